The van der Waals surface area contributed by atoms with E-state index < -0.39 is 96.7 Å². The van der Waals surface area contributed by atoms with Crippen LogP contribution >= 0.6 is 0 Å². The molecule has 17 heteroatoms. The van der Waals surface area contributed by atoms with Crippen LogP contribution in [0.15, 0.2) is 30.3 Å². The van der Waals surface area contributed by atoms with Gasteiger partial charge in [0.25, 0.3) is 0 Å². The van der Waals surface area contributed by atoms with Crippen LogP contribution in [0.1, 0.15) is 73.8 Å². The molecular weight excluding hydrogens is 688 g/mol. The Labute approximate surface area is 311 Å². The fourth-order valence-electron chi connectivity index (χ4n) is 4.98. The maximum atomic E-state index is 13.2. The van der Waals surface area contributed by atoms with Crippen molar-refractivity contribution in [3.8, 4) is 0 Å². The minimum absolute atomic E-state index is 0.0370. The first kappa shape index (κ1) is 46.0. The minimum Gasteiger partial charge on any atom is -0.480 e. The number of carbonyl (C=O) groups excluding carboxylic acids is 7. The van der Waals surface area contributed by atoms with Gasteiger partial charge in [0.2, 0.25) is 41.4 Å². The summed E-state index contributed by atoms with van der Waals surface area (Å²) in [4.78, 5) is 101. The summed E-state index contributed by atoms with van der Waals surface area (Å²) in [5.74, 6) is -6.56. The molecule has 53 heavy (non-hydrogen) atoms. The van der Waals surface area contributed by atoms with Gasteiger partial charge >= 0.3 is 5.97 Å². The van der Waals surface area contributed by atoms with Gasteiger partial charge in [-0.05, 0) is 43.6 Å². The lowest BCUT2D eigenvalue weighted by atomic mass is 9.98. The molecule has 7 amide bonds. The standard InChI is InChI=1S/C36H58N8O9/c1-9-21(6)30(43-28(46)18-38-34(50)29(20(4)5)44-31(47)22(7)37)35(51)39-17-27(45)40-23(8)32(48)41-25(15-19(2)3)33(49)42-26(36(52)53)16-24-13-11-10-12-14-24/h10-14,19-23,25-26,29-30H,9,15-18,37H2,1-8H3,(H,38,50)(H,39,51)(H,40,45)(H,41,48)(H,42,49)(H,43,46)(H,44,47)(H,52,53)/t21-,22-,23-,25-,26-,29-,30-/m0/s1. The molecule has 0 aliphatic heterocycles. The van der Waals surface area contributed by atoms with Crippen molar-refractivity contribution in [2.24, 2.45) is 23.5 Å². The van der Waals surface area contributed by atoms with Gasteiger partial charge in [0, 0.05) is 6.42 Å². The average Bonchev–Trinajstić information content (AvgIpc) is 3.09. The summed E-state index contributed by atoms with van der Waals surface area (Å²) in [6, 6.07) is 2.47. The number of aliphatic carboxylic acids is 1. The van der Waals surface area contributed by atoms with Crippen LogP contribution in [-0.4, -0.2) is 102 Å². The molecule has 0 saturated heterocycles. The van der Waals surface area contributed by atoms with E-state index in [2.05, 4.69) is 37.2 Å². The number of hydrogen-bond donors (Lipinski definition) is 9. The molecule has 7 atom stereocenters. The van der Waals surface area contributed by atoms with Crippen LogP contribution in [0.5, 0.6) is 0 Å². The molecule has 0 unspecified atom stereocenters. The summed E-state index contributed by atoms with van der Waals surface area (Å²) < 4.78 is 0. The molecule has 0 aromatic heterocycles. The van der Waals surface area contributed by atoms with Gasteiger partial charge in [-0.25, -0.2) is 4.79 Å². The molecule has 0 radical (unpaired) electrons. The predicted octanol–water partition coefficient (Wildman–Crippen LogP) is -0.915. The van der Waals surface area contributed by atoms with Gasteiger partial charge in [-0.3, -0.25) is 33.6 Å². The topological polar surface area (TPSA) is 267 Å². The fraction of sp³-hybridized carbons (Fsp3) is 0.611. The van der Waals surface area contributed by atoms with Crippen molar-refractivity contribution in [2.45, 2.75) is 111 Å². The fourth-order valence-corrected chi connectivity index (χ4v) is 4.98. The Hall–Kier alpha value is -5.06. The summed E-state index contributed by atoms with van der Waals surface area (Å²) >= 11 is 0. The van der Waals surface area contributed by atoms with E-state index in [1.165, 1.54) is 13.8 Å². The second-order valence-corrected chi connectivity index (χ2v) is 14.0. The Balaban J connectivity index is 2.79. The molecule has 1 aromatic carbocycles. The number of nitrogens with one attached hydrogen (secondary N) is 7. The van der Waals surface area contributed by atoms with Crippen molar-refractivity contribution >= 4 is 47.3 Å². The van der Waals surface area contributed by atoms with Crippen LogP contribution in [0.4, 0.5) is 0 Å². The summed E-state index contributed by atoms with van der Waals surface area (Å²) in [5.41, 5.74) is 6.28. The molecule has 0 aliphatic carbocycles. The first-order valence-corrected chi connectivity index (χ1v) is 17.8. The predicted molar refractivity (Wildman–Crippen MR) is 197 cm³/mol. The number of amides is 7. The number of rotatable bonds is 22. The van der Waals surface area contributed by atoms with Gasteiger partial charge in [0.1, 0.15) is 30.2 Å². The van der Waals surface area contributed by atoms with Crippen molar-refractivity contribution in [2.75, 3.05) is 13.1 Å². The molecule has 1 aromatic rings. The number of nitrogens with two attached hydrogens (primary N) is 1. The molecule has 0 bridgehead atoms. The number of carboxylic acids is 1. The molecule has 1 rings (SSSR count). The average molecular weight is 747 g/mol. The van der Waals surface area contributed by atoms with E-state index in [0.717, 1.165) is 0 Å². The highest BCUT2D eigenvalue weighted by molar-refractivity contribution is 5.96. The van der Waals surface area contributed by atoms with Gasteiger partial charge in [-0.15, -0.1) is 0 Å². The van der Waals surface area contributed by atoms with Crippen molar-refractivity contribution in [1.82, 2.24) is 37.2 Å². The zero-order chi connectivity index (χ0) is 40.4. The van der Waals surface area contributed by atoms with Crippen molar-refractivity contribution in [1.29, 1.82) is 0 Å². The molecule has 0 aliphatic rings. The van der Waals surface area contributed by atoms with E-state index in [1.807, 2.05) is 13.8 Å². The highest BCUT2D eigenvalue weighted by Crippen LogP contribution is 2.10. The normalized spacial score (nSPS) is 15.0. The summed E-state index contributed by atoms with van der Waals surface area (Å²) in [6.07, 6.45) is 0.716. The number of hydrogen-bond acceptors (Lipinski definition) is 9. The molecule has 0 spiro atoms. The number of carbonyl (C=O) groups is 8. The zero-order valence-corrected chi connectivity index (χ0v) is 31.9. The van der Waals surface area contributed by atoms with Crippen LogP contribution < -0.4 is 43.0 Å². The van der Waals surface area contributed by atoms with Crippen LogP contribution in [0.2, 0.25) is 0 Å². The molecule has 0 saturated carbocycles. The molecule has 0 fully saturated rings. The maximum absolute atomic E-state index is 13.2. The van der Waals surface area contributed by atoms with E-state index in [1.54, 1.807) is 58.0 Å². The minimum atomic E-state index is -1.24. The Bertz CT molecular complexity index is 1420. The molecule has 0 heterocycles. The lowest BCUT2D eigenvalue weighted by molar-refractivity contribution is -0.142. The van der Waals surface area contributed by atoms with Gasteiger partial charge < -0.3 is 48.1 Å². The zero-order valence-electron chi connectivity index (χ0n) is 31.9. The number of carboxylic acid groups (broad SMARTS) is 1. The lowest BCUT2D eigenvalue weighted by Crippen LogP contribution is -2.57. The Kier molecular flexibility index (Phi) is 19.8. The first-order valence-electron chi connectivity index (χ1n) is 17.8. The van der Waals surface area contributed by atoms with E-state index in [-0.39, 0.29) is 30.6 Å². The summed E-state index contributed by atoms with van der Waals surface area (Å²) in [6.45, 7) is 12.5. The highest BCUT2D eigenvalue weighted by atomic mass is 16.4. The number of benzene rings is 1. The molecule has 10 N–H and O–H groups in total. The second kappa shape index (κ2) is 22.8. The lowest BCUT2D eigenvalue weighted by Gasteiger charge is -2.25. The summed E-state index contributed by atoms with van der Waals surface area (Å²) in [7, 11) is 0. The smallest absolute Gasteiger partial charge is 0.326 e. The van der Waals surface area contributed by atoms with Crippen LogP contribution in [0.25, 0.3) is 0 Å². The third-order valence-corrected chi connectivity index (χ3v) is 8.33. The Morgan fingerprint density at radius 2 is 1.17 bits per heavy atom. The SMILES string of the molecule is CC[C@H](C)[C@H](NC(=O)CNC(=O)[C@@H](NC(=O)[C@H](C)N)C(C)C)C(=O)NCC(=O)N[C@@H](C)C(=O)N[C@@H](CC(C)C)C(=O)N[C@@H](Cc1ccccc1)C(=O)O. The third kappa shape index (κ3) is 16.9. The molecule has 296 valence electrons. The van der Waals surface area contributed by atoms with Gasteiger partial charge in [-0.2, -0.15) is 0 Å². The van der Waals surface area contributed by atoms with Gasteiger partial charge in [0.05, 0.1) is 19.1 Å². The van der Waals surface area contributed by atoms with Crippen molar-refractivity contribution < 1.29 is 43.5 Å². The van der Waals surface area contributed by atoms with Crippen LogP contribution in [0, 0.1) is 17.8 Å². The Morgan fingerprint density at radius 3 is 1.66 bits per heavy atom. The monoisotopic (exact) mass is 746 g/mol. The summed E-state index contributed by atoms with van der Waals surface area (Å²) in [5, 5.41) is 27.3. The van der Waals surface area contributed by atoms with Gasteiger partial charge in [-0.1, -0.05) is 78.3 Å². The second-order valence-electron chi connectivity index (χ2n) is 14.0. The van der Waals surface area contributed by atoms with E-state index >= 15 is 0 Å². The van der Waals surface area contributed by atoms with Crippen LogP contribution in [0.3, 0.4) is 0 Å². The van der Waals surface area contributed by atoms with Gasteiger partial charge in [0.15, 0.2) is 0 Å². The van der Waals surface area contributed by atoms with E-state index in [9.17, 15) is 43.5 Å². The molecular formula is C36H58N8O9. The highest BCUT2D eigenvalue weighted by Gasteiger charge is 2.31. The van der Waals surface area contributed by atoms with E-state index in [4.69, 9.17) is 5.73 Å². The Morgan fingerprint density at radius 1 is 0.642 bits per heavy atom. The van der Waals surface area contributed by atoms with E-state index in [0.29, 0.717) is 12.0 Å². The third-order valence-electron chi connectivity index (χ3n) is 8.33. The molecule has 17 nitrogen and oxygen atoms in total. The largest absolute Gasteiger partial charge is 0.480 e. The van der Waals surface area contributed by atoms with Crippen LogP contribution in [-0.2, 0) is 44.8 Å². The van der Waals surface area contributed by atoms with Crippen molar-refractivity contribution in [3.63, 3.8) is 0 Å². The first-order chi connectivity index (χ1) is 24.8. The maximum Gasteiger partial charge on any atom is 0.326 e. The van der Waals surface area contributed by atoms with Crippen molar-refractivity contribution in [3.05, 3.63) is 35.9 Å². The quantitative estimate of drug-likeness (QED) is 0.0705.